The third kappa shape index (κ3) is 4.80. The zero-order chi connectivity index (χ0) is 23.6. The fourth-order valence-electron chi connectivity index (χ4n) is 3.73. The van der Waals surface area contributed by atoms with Crippen molar-refractivity contribution in [1.82, 2.24) is 4.57 Å². The standard InChI is InChI=1S/C25H24N4O3S/c1-29-16-22(24(30)14-9-17-7-10-18(11-8-17)25(26)27)21-15-19(12-13-23(21)29)28-33(31,32)20-5-3-2-4-6-20/h2-8,10-13,15-16,28H,9,14H2,1H3,(H3,26,27). The fourth-order valence-corrected chi connectivity index (χ4v) is 4.81. The summed E-state index contributed by atoms with van der Waals surface area (Å²) in [7, 11) is -1.88. The van der Waals surface area contributed by atoms with Crippen LogP contribution in [0.15, 0.2) is 83.9 Å². The van der Waals surface area contributed by atoms with Gasteiger partial charge in [0.1, 0.15) is 5.84 Å². The third-order valence-corrected chi connectivity index (χ3v) is 6.90. The Morgan fingerprint density at radius 1 is 1.03 bits per heavy atom. The number of sulfonamides is 1. The van der Waals surface area contributed by atoms with Crippen molar-refractivity contribution in [2.75, 3.05) is 4.72 Å². The molecule has 0 unspecified atom stereocenters. The molecule has 3 aromatic carbocycles. The number of carbonyl (C=O) groups is 1. The molecule has 33 heavy (non-hydrogen) atoms. The smallest absolute Gasteiger partial charge is 0.261 e. The SMILES string of the molecule is Cn1cc(C(=O)CCc2ccc(C(=N)N)cc2)c2cc(NS(=O)(=O)c3ccccc3)ccc21. The highest BCUT2D eigenvalue weighted by atomic mass is 32.2. The molecule has 0 atom stereocenters. The van der Waals surface area contributed by atoms with E-state index in [0.29, 0.717) is 35.0 Å². The number of rotatable bonds is 8. The van der Waals surface area contributed by atoms with E-state index < -0.39 is 10.0 Å². The molecule has 4 aromatic rings. The first-order valence-corrected chi connectivity index (χ1v) is 11.9. The Hall–Kier alpha value is -3.91. The number of nitrogen functional groups attached to an aromatic ring is 1. The highest BCUT2D eigenvalue weighted by Crippen LogP contribution is 2.27. The molecule has 0 aliphatic heterocycles. The number of hydrogen-bond donors (Lipinski definition) is 3. The largest absolute Gasteiger partial charge is 0.384 e. The Balaban J connectivity index is 1.56. The lowest BCUT2D eigenvalue weighted by Crippen LogP contribution is -2.12. The van der Waals surface area contributed by atoms with Gasteiger partial charge in [-0.3, -0.25) is 14.9 Å². The molecule has 7 nitrogen and oxygen atoms in total. The maximum Gasteiger partial charge on any atom is 0.261 e. The number of aromatic nitrogens is 1. The van der Waals surface area contributed by atoms with Crippen molar-refractivity contribution in [1.29, 1.82) is 5.41 Å². The Labute approximate surface area is 192 Å². The second-order valence-corrected chi connectivity index (χ2v) is 9.52. The van der Waals surface area contributed by atoms with Crippen LogP contribution in [0, 0.1) is 5.41 Å². The molecule has 0 amide bonds. The lowest BCUT2D eigenvalue weighted by Gasteiger charge is -2.09. The molecule has 4 rings (SSSR count). The van der Waals surface area contributed by atoms with Crippen LogP contribution in [0.25, 0.3) is 10.9 Å². The molecule has 0 saturated heterocycles. The summed E-state index contributed by atoms with van der Waals surface area (Å²) in [5, 5.41) is 8.16. The first-order chi connectivity index (χ1) is 15.7. The topological polar surface area (TPSA) is 118 Å². The number of carbonyl (C=O) groups excluding carboxylic acids is 1. The number of hydrogen-bond acceptors (Lipinski definition) is 4. The molecule has 168 valence electrons. The highest BCUT2D eigenvalue weighted by Gasteiger charge is 2.17. The molecule has 0 aliphatic rings. The van der Waals surface area contributed by atoms with Gasteiger partial charge < -0.3 is 10.3 Å². The summed E-state index contributed by atoms with van der Waals surface area (Å²) >= 11 is 0. The number of nitrogens with two attached hydrogens (primary N) is 1. The van der Waals surface area contributed by atoms with E-state index in [4.69, 9.17) is 11.1 Å². The maximum absolute atomic E-state index is 13.0. The summed E-state index contributed by atoms with van der Waals surface area (Å²) in [6, 6.07) is 20.6. The fraction of sp³-hybridized carbons (Fsp3) is 0.120. The number of anilines is 1. The van der Waals surface area contributed by atoms with Gasteiger partial charge in [-0.1, -0.05) is 42.5 Å². The molecular formula is C25H24N4O3S. The van der Waals surface area contributed by atoms with E-state index in [1.807, 2.05) is 23.7 Å². The van der Waals surface area contributed by atoms with Gasteiger partial charge in [-0.2, -0.15) is 0 Å². The zero-order valence-corrected chi connectivity index (χ0v) is 18.9. The van der Waals surface area contributed by atoms with Crippen molar-refractivity contribution in [2.24, 2.45) is 12.8 Å². The average Bonchev–Trinajstić information content (AvgIpc) is 3.14. The van der Waals surface area contributed by atoms with Crippen LogP contribution in [-0.2, 0) is 23.5 Å². The molecule has 1 heterocycles. The number of Topliss-reactive ketones (excluding diaryl/α,β-unsaturated/α-hetero) is 1. The Morgan fingerprint density at radius 3 is 2.39 bits per heavy atom. The Bertz CT molecular complexity index is 1440. The van der Waals surface area contributed by atoms with Gasteiger partial charge >= 0.3 is 0 Å². The zero-order valence-electron chi connectivity index (χ0n) is 18.1. The summed E-state index contributed by atoms with van der Waals surface area (Å²) < 4.78 is 29.8. The number of nitrogens with zero attached hydrogens (tertiary/aromatic N) is 1. The molecule has 4 N–H and O–H groups in total. The quantitative estimate of drug-likeness (QED) is 0.209. The van der Waals surface area contributed by atoms with Crippen LogP contribution < -0.4 is 10.5 Å². The van der Waals surface area contributed by atoms with Crippen LogP contribution in [0.4, 0.5) is 5.69 Å². The minimum Gasteiger partial charge on any atom is -0.384 e. The van der Waals surface area contributed by atoms with Crippen LogP contribution in [-0.4, -0.2) is 24.6 Å². The second-order valence-electron chi connectivity index (χ2n) is 7.84. The van der Waals surface area contributed by atoms with Crippen molar-refractivity contribution >= 4 is 38.2 Å². The Kier molecular flexibility index (Phi) is 6.02. The minimum atomic E-state index is -3.73. The van der Waals surface area contributed by atoms with Gasteiger partial charge in [0, 0.05) is 47.4 Å². The van der Waals surface area contributed by atoms with Gasteiger partial charge in [-0.15, -0.1) is 0 Å². The van der Waals surface area contributed by atoms with Gasteiger partial charge in [0.15, 0.2) is 5.78 Å². The van der Waals surface area contributed by atoms with Gasteiger partial charge in [-0.05, 0) is 42.3 Å². The van der Waals surface area contributed by atoms with Gasteiger partial charge in [-0.25, -0.2) is 8.42 Å². The van der Waals surface area contributed by atoms with Crippen LogP contribution in [0.3, 0.4) is 0 Å². The molecule has 0 radical (unpaired) electrons. The summed E-state index contributed by atoms with van der Waals surface area (Å²) in [6.07, 6.45) is 2.63. The second kappa shape index (κ2) is 8.91. The number of amidine groups is 1. The third-order valence-electron chi connectivity index (χ3n) is 5.50. The van der Waals surface area contributed by atoms with Crippen molar-refractivity contribution in [3.63, 3.8) is 0 Å². The van der Waals surface area contributed by atoms with Crippen molar-refractivity contribution < 1.29 is 13.2 Å². The monoisotopic (exact) mass is 460 g/mol. The predicted octanol–water partition coefficient (Wildman–Crippen LogP) is 4.08. The van der Waals surface area contributed by atoms with Gasteiger partial charge in [0.2, 0.25) is 0 Å². The molecular weight excluding hydrogens is 436 g/mol. The van der Waals surface area contributed by atoms with E-state index in [1.54, 1.807) is 54.7 Å². The summed E-state index contributed by atoms with van der Waals surface area (Å²) in [5.41, 5.74) is 8.89. The minimum absolute atomic E-state index is 0.00655. The lowest BCUT2D eigenvalue weighted by molar-refractivity contribution is 0.0984. The molecule has 0 fully saturated rings. The molecule has 0 aliphatic carbocycles. The molecule has 1 aromatic heterocycles. The highest BCUT2D eigenvalue weighted by molar-refractivity contribution is 7.92. The Morgan fingerprint density at radius 2 is 1.73 bits per heavy atom. The van der Waals surface area contributed by atoms with E-state index in [9.17, 15) is 13.2 Å². The number of benzene rings is 3. The normalized spacial score (nSPS) is 11.4. The van der Waals surface area contributed by atoms with Crippen LogP contribution in [0.2, 0.25) is 0 Å². The van der Waals surface area contributed by atoms with E-state index in [-0.39, 0.29) is 16.5 Å². The van der Waals surface area contributed by atoms with E-state index in [1.165, 1.54) is 12.1 Å². The number of nitrogens with one attached hydrogen (secondary N) is 2. The molecule has 0 bridgehead atoms. The predicted molar refractivity (Wildman–Crippen MR) is 130 cm³/mol. The van der Waals surface area contributed by atoms with Gasteiger partial charge in [0.05, 0.1) is 4.90 Å². The van der Waals surface area contributed by atoms with Gasteiger partial charge in [0.25, 0.3) is 10.0 Å². The van der Waals surface area contributed by atoms with E-state index in [0.717, 1.165) is 11.1 Å². The van der Waals surface area contributed by atoms with Crippen LogP contribution in [0.5, 0.6) is 0 Å². The summed E-state index contributed by atoms with van der Waals surface area (Å²) in [4.78, 5) is 13.2. The van der Waals surface area contributed by atoms with Crippen LogP contribution >= 0.6 is 0 Å². The van der Waals surface area contributed by atoms with E-state index in [2.05, 4.69) is 4.72 Å². The molecule has 8 heteroatoms. The summed E-state index contributed by atoms with van der Waals surface area (Å²) in [6.45, 7) is 0. The number of fused-ring (bicyclic) bond motifs is 1. The van der Waals surface area contributed by atoms with Crippen molar-refractivity contribution in [2.45, 2.75) is 17.7 Å². The van der Waals surface area contributed by atoms with Crippen LogP contribution in [0.1, 0.15) is 27.9 Å². The first kappa shape index (κ1) is 22.3. The molecule has 0 spiro atoms. The first-order valence-electron chi connectivity index (χ1n) is 10.4. The van der Waals surface area contributed by atoms with Crippen molar-refractivity contribution in [3.8, 4) is 0 Å². The number of ketones is 1. The lowest BCUT2D eigenvalue weighted by atomic mass is 10.0. The molecule has 0 saturated carbocycles. The maximum atomic E-state index is 13.0. The van der Waals surface area contributed by atoms with Crippen molar-refractivity contribution in [3.05, 3.63) is 95.7 Å². The average molecular weight is 461 g/mol. The summed E-state index contributed by atoms with van der Waals surface area (Å²) in [5.74, 6) is -0.0219. The van der Waals surface area contributed by atoms with E-state index >= 15 is 0 Å². The number of aryl methyl sites for hydroxylation is 2.